The third-order valence-corrected chi connectivity index (χ3v) is 1.87. The minimum Gasteiger partial charge on any atom is -0.418 e. The predicted molar refractivity (Wildman–Crippen MR) is 39.2 cm³/mol. The molecule has 46 valence electrons. The van der Waals surface area contributed by atoms with Crippen LogP contribution in [0.4, 0.5) is 0 Å². The fraction of sp³-hybridized carbons (Fsp3) is 0. The van der Waals surface area contributed by atoms with Crippen LogP contribution in [-0.2, 0) is 4.79 Å². The quantitative estimate of drug-likeness (QED) is 0.410. The zero-order valence-corrected chi connectivity index (χ0v) is 5.77. The number of hydrogen-bond donors (Lipinski definition) is 0. The van der Waals surface area contributed by atoms with Gasteiger partial charge in [0.05, 0.1) is 0 Å². The first kappa shape index (κ1) is 6.36. The number of hydrogen-bond acceptors (Lipinski definition) is 3. The van der Waals surface area contributed by atoms with Gasteiger partial charge in [-0.25, -0.2) is 0 Å². The van der Waals surface area contributed by atoms with Gasteiger partial charge in [-0.05, 0) is 10.8 Å². The minimum absolute atomic E-state index is 0.443. The third kappa shape index (κ3) is 1.32. The molecule has 0 saturated carbocycles. The highest BCUT2D eigenvalue weighted by Crippen LogP contribution is 2.13. The zero-order valence-electron chi connectivity index (χ0n) is 4.96. The monoisotopic (exact) mass is 140 g/mol. The number of carbonyl (C=O) groups excluding carboxylic acids is 1. The molecule has 0 fully saturated rings. The van der Waals surface area contributed by atoms with Crippen molar-refractivity contribution in [2.45, 2.75) is 0 Å². The molecule has 1 aromatic heterocycles. The van der Waals surface area contributed by atoms with E-state index in [-0.39, 0.29) is 0 Å². The lowest BCUT2D eigenvalue weighted by molar-refractivity contribution is -0.120. The van der Waals surface area contributed by atoms with E-state index in [1.165, 1.54) is 11.3 Å². The van der Waals surface area contributed by atoms with Gasteiger partial charge in [0.25, 0.3) is 6.47 Å². The molecule has 0 unspecified atom stereocenters. The van der Waals surface area contributed by atoms with Crippen LogP contribution in [0, 0.1) is 0 Å². The van der Waals surface area contributed by atoms with Crippen molar-refractivity contribution in [2.24, 2.45) is 0 Å². The van der Waals surface area contributed by atoms with Gasteiger partial charge < -0.3 is 4.74 Å². The molecule has 0 spiro atoms. The maximum absolute atomic E-state index is 9.81. The summed E-state index contributed by atoms with van der Waals surface area (Å²) in [6.07, 6.45) is 0. The fourth-order valence-electron chi connectivity index (χ4n) is 0.523. The molecule has 0 saturated heterocycles. The summed E-state index contributed by atoms with van der Waals surface area (Å²) in [5.41, 5.74) is 1.01. The fourth-order valence-corrected chi connectivity index (χ4v) is 1.27. The van der Waals surface area contributed by atoms with Gasteiger partial charge in [-0.2, -0.15) is 0 Å². The zero-order chi connectivity index (χ0) is 6.69. The summed E-state index contributed by atoms with van der Waals surface area (Å²) < 4.78 is 4.61. The second-order valence-electron chi connectivity index (χ2n) is 1.61. The van der Waals surface area contributed by atoms with Gasteiger partial charge in [-0.3, -0.25) is 4.79 Å². The van der Waals surface area contributed by atoms with E-state index in [1.807, 2.05) is 19.3 Å². The van der Waals surface area contributed by atoms with Gasteiger partial charge in [0.15, 0.2) is 5.06 Å². The van der Waals surface area contributed by atoms with Crippen LogP contribution in [0.5, 0.6) is 5.06 Å². The molecular formula is C5H5BO2S. The molecule has 0 N–H and O–H groups in total. The average Bonchev–Trinajstić information content (AvgIpc) is 2.18. The van der Waals surface area contributed by atoms with E-state index in [9.17, 15) is 4.79 Å². The molecule has 0 aliphatic heterocycles. The van der Waals surface area contributed by atoms with Gasteiger partial charge >= 0.3 is 0 Å². The molecule has 2 nitrogen and oxygen atoms in total. The molecule has 9 heavy (non-hydrogen) atoms. The van der Waals surface area contributed by atoms with E-state index in [2.05, 4.69) is 4.74 Å². The van der Waals surface area contributed by atoms with Crippen LogP contribution in [0.25, 0.3) is 0 Å². The van der Waals surface area contributed by atoms with Crippen molar-refractivity contribution in [1.29, 1.82) is 0 Å². The summed E-state index contributed by atoms with van der Waals surface area (Å²) in [5.74, 6) is 0. The van der Waals surface area contributed by atoms with E-state index in [1.54, 1.807) is 0 Å². The normalized spacial score (nSPS) is 8.89. The number of rotatable bonds is 2. The summed E-state index contributed by atoms with van der Waals surface area (Å²) in [6, 6.07) is 1.91. The highest BCUT2D eigenvalue weighted by atomic mass is 32.1. The first-order chi connectivity index (χ1) is 4.34. The Kier molecular flexibility index (Phi) is 1.90. The molecule has 0 aliphatic rings. The van der Waals surface area contributed by atoms with Crippen molar-refractivity contribution >= 4 is 31.1 Å². The third-order valence-electron chi connectivity index (χ3n) is 0.970. The molecule has 0 aliphatic carbocycles. The van der Waals surface area contributed by atoms with Crippen LogP contribution >= 0.6 is 11.3 Å². The van der Waals surface area contributed by atoms with Gasteiger partial charge in [0.1, 0.15) is 7.85 Å². The lowest BCUT2D eigenvalue weighted by Gasteiger charge is -1.90. The Balaban J connectivity index is 2.80. The minimum atomic E-state index is 0.443. The van der Waals surface area contributed by atoms with E-state index in [0.29, 0.717) is 11.5 Å². The second kappa shape index (κ2) is 2.68. The van der Waals surface area contributed by atoms with Crippen LogP contribution in [0.3, 0.4) is 0 Å². The smallest absolute Gasteiger partial charge is 0.299 e. The summed E-state index contributed by atoms with van der Waals surface area (Å²) in [6.45, 7) is 0.443. The average molecular weight is 140 g/mol. The lowest BCUT2D eigenvalue weighted by atomic mass is 10.0. The largest absolute Gasteiger partial charge is 0.418 e. The molecule has 0 radical (unpaired) electrons. The molecule has 0 bridgehead atoms. The molecule has 0 amide bonds. The molecule has 1 rings (SSSR count). The Labute approximate surface area is 57.9 Å². The van der Waals surface area contributed by atoms with Crippen molar-refractivity contribution in [1.82, 2.24) is 0 Å². The second-order valence-corrected chi connectivity index (χ2v) is 2.48. The highest BCUT2D eigenvalue weighted by Gasteiger charge is 1.96. The van der Waals surface area contributed by atoms with Gasteiger partial charge in [0, 0.05) is 0 Å². The molecule has 0 aromatic carbocycles. The number of ether oxygens (including phenoxy) is 1. The van der Waals surface area contributed by atoms with Gasteiger partial charge in [0.2, 0.25) is 0 Å². The standard InChI is InChI=1S/C5H5BO2S/c6-4-1-2-9-5(4)8-3-7/h1-3H,6H2. The summed E-state index contributed by atoms with van der Waals surface area (Å²) in [5, 5.41) is 2.57. The maximum Gasteiger partial charge on any atom is 0.299 e. The van der Waals surface area contributed by atoms with Crippen LogP contribution in [0.15, 0.2) is 11.4 Å². The van der Waals surface area contributed by atoms with Crippen LogP contribution in [-0.4, -0.2) is 14.3 Å². The maximum atomic E-state index is 9.81. The molecule has 1 aromatic rings. The SMILES string of the molecule is Bc1ccsc1OC=O. The van der Waals surface area contributed by atoms with E-state index < -0.39 is 0 Å². The summed E-state index contributed by atoms with van der Waals surface area (Å²) in [7, 11) is 1.90. The Morgan fingerprint density at radius 1 is 1.78 bits per heavy atom. The Bertz CT molecular complexity index is 208. The van der Waals surface area contributed by atoms with Crippen molar-refractivity contribution in [2.75, 3.05) is 0 Å². The lowest BCUT2D eigenvalue weighted by Crippen LogP contribution is -2.02. The van der Waals surface area contributed by atoms with Crippen molar-refractivity contribution in [3.05, 3.63) is 11.4 Å². The highest BCUT2D eigenvalue weighted by molar-refractivity contribution is 7.13. The summed E-state index contributed by atoms with van der Waals surface area (Å²) in [4.78, 5) is 9.81. The van der Waals surface area contributed by atoms with Gasteiger partial charge in [-0.1, -0.05) is 6.07 Å². The van der Waals surface area contributed by atoms with E-state index in [0.717, 1.165) is 5.46 Å². The van der Waals surface area contributed by atoms with Crippen molar-refractivity contribution in [3.63, 3.8) is 0 Å². The van der Waals surface area contributed by atoms with Gasteiger partial charge in [-0.15, -0.1) is 11.3 Å². The molecular weight excluding hydrogens is 135 g/mol. The van der Waals surface area contributed by atoms with Crippen LogP contribution in [0.1, 0.15) is 0 Å². The first-order valence-electron chi connectivity index (χ1n) is 2.49. The van der Waals surface area contributed by atoms with E-state index >= 15 is 0 Å². The first-order valence-corrected chi connectivity index (χ1v) is 3.37. The number of carbonyl (C=O) groups is 1. The van der Waals surface area contributed by atoms with Crippen LogP contribution in [0.2, 0.25) is 0 Å². The summed E-state index contributed by atoms with van der Waals surface area (Å²) >= 11 is 1.42. The van der Waals surface area contributed by atoms with Crippen molar-refractivity contribution < 1.29 is 9.53 Å². The predicted octanol–water partition coefficient (Wildman–Crippen LogP) is -0.458. The molecule has 4 heteroatoms. The van der Waals surface area contributed by atoms with Crippen LogP contribution < -0.4 is 10.2 Å². The van der Waals surface area contributed by atoms with Crippen molar-refractivity contribution in [3.8, 4) is 5.06 Å². The Morgan fingerprint density at radius 3 is 3.00 bits per heavy atom. The molecule has 1 heterocycles. The number of thiophene rings is 1. The molecule has 0 atom stereocenters. The topological polar surface area (TPSA) is 26.3 Å². The Morgan fingerprint density at radius 2 is 2.56 bits per heavy atom. The Hall–Kier alpha value is -0.765. The van der Waals surface area contributed by atoms with E-state index in [4.69, 9.17) is 0 Å².